The summed E-state index contributed by atoms with van der Waals surface area (Å²) in [7, 11) is 1.56. The number of carbonyl (C=O) groups is 1. The smallest absolute Gasteiger partial charge is 0.289 e. The molecule has 0 spiro atoms. The maximum atomic E-state index is 12.3. The molecule has 7 nitrogen and oxygen atoms in total. The van der Waals surface area contributed by atoms with Gasteiger partial charge in [0.05, 0.1) is 31.0 Å². The molecule has 3 aromatic rings. The summed E-state index contributed by atoms with van der Waals surface area (Å²) in [6.45, 7) is 0.815. The summed E-state index contributed by atoms with van der Waals surface area (Å²) in [5.41, 5.74) is 0.631. The number of nitro benzene ring substituents is 1. The van der Waals surface area contributed by atoms with Crippen LogP contribution >= 0.6 is 34.3 Å². The van der Waals surface area contributed by atoms with Gasteiger partial charge in [0.2, 0.25) is 0 Å². The minimum absolute atomic E-state index is 0.0145. The number of hydrogen-bond acceptors (Lipinski definition) is 6. The lowest BCUT2D eigenvalue weighted by atomic mass is 10.3. The fraction of sp³-hybridized carbons (Fsp3) is 0.200. The molecule has 0 aliphatic carbocycles. The zero-order valence-corrected chi connectivity index (χ0v) is 15.4. The normalized spacial score (nSPS) is 12.0. The van der Waals surface area contributed by atoms with E-state index in [9.17, 15) is 14.9 Å². The van der Waals surface area contributed by atoms with Gasteiger partial charge in [-0.2, -0.15) is 4.99 Å². The van der Waals surface area contributed by atoms with Gasteiger partial charge in [0.1, 0.15) is 0 Å². The maximum Gasteiger partial charge on any atom is 0.289 e. The number of hydrogen-bond donors (Lipinski definition) is 0. The lowest BCUT2D eigenvalue weighted by Crippen LogP contribution is -2.19. The molecular formula is C15H12ClN3O4S2. The summed E-state index contributed by atoms with van der Waals surface area (Å²) in [5.74, 6) is -0.399. The summed E-state index contributed by atoms with van der Waals surface area (Å²) in [5, 5.41) is 11.0. The van der Waals surface area contributed by atoms with Gasteiger partial charge < -0.3 is 9.30 Å². The van der Waals surface area contributed by atoms with E-state index in [1.807, 2.05) is 0 Å². The third-order valence-electron chi connectivity index (χ3n) is 3.38. The molecule has 10 heteroatoms. The molecule has 0 aliphatic heterocycles. The van der Waals surface area contributed by atoms with Crippen LogP contribution < -0.4 is 4.80 Å². The number of aromatic nitrogens is 1. The number of thiazole rings is 1. The number of methoxy groups -OCH3 is 1. The molecule has 0 saturated heterocycles. The quantitative estimate of drug-likeness (QED) is 0.485. The Hall–Kier alpha value is -2.07. The van der Waals surface area contributed by atoms with E-state index in [2.05, 4.69) is 4.99 Å². The van der Waals surface area contributed by atoms with E-state index in [1.165, 1.54) is 23.5 Å². The largest absolute Gasteiger partial charge is 0.383 e. The Balaban J connectivity index is 2.14. The zero-order chi connectivity index (χ0) is 18.0. The van der Waals surface area contributed by atoms with Crippen LogP contribution in [-0.2, 0) is 11.3 Å². The average molecular weight is 398 g/mol. The minimum atomic E-state index is -0.451. The van der Waals surface area contributed by atoms with Crippen molar-refractivity contribution >= 4 is 56.1 Å². The summed E-state index contributed by atoms with van der Waals surface area (Å²) in [6.07, 6.45) is 0. The molecule has 1 aromatic carbocycles. The second-order valence-electron chi connectivity index (χ2n) is 4.96. The van der Waals surface area contributed by atoms with Gasteiger partial charge in [-0.05, 0) is 18.2 Å². The summed E-state index contributed by atoms with van der Waals surface area (Å²) >= 11 is 8.31. The van der Waals surface area contributed by atoms with Gasteiger partial charge in [0.15, 0.2) is 4.80 Å². The molecule has 0 unspecified atom stereocenters. The van der Waals surface area contributed by atoms with Crippen LogP contribution in [0, 0.1) is 10.1 Å². The van der Waals surface area contributed by atoms with Gasteiger partial charge in [0, 0.05) is 25.8 Å². The maximum absolute atomic E-state index is 12.3. The van der Waals surface area contributed by atoms with Crippen LogP contribution in [0.4, 0.5) is 5.69 Å². The number of benzene rings is 1. The van der Waals surface area contributed by atoms with Crippen molar-refractivity contribution in [3.05, 3.63) is 54.5 Å². The Bertz CT molecular complexity index is 1020. The number of nitrogens with zero attached hydrogens (tertiary/aromatic N) is 3. The molecular weight excluding hydrogens is 386 g/mol. The van der Waals surface area contributed by atoms with Crippen molar-refractivity contribution in [2.45, 2.75) is 6.54 Å². The van der Waals surface area contributed by atoms with Gasteiger partial charge in [-0.15, -0.1) is 11.3 Å². The summed E-state index contributed by atoms with van der Waals surface area (Å²) < 4.78 is 8.17. The zero-order valence-electron chi connectivity index (χ0n) is 13.0. The molecule has 2 aromatic heterocycles. The second-order valence-corrected chi connectivity index (χ2v) is 7.68. The van der Waals surface area contributed by atoms with Gasteiger partial charge in [0.25, 0.3) is 11.6 Å². The third-order valence-corrected chi connectivity index (χ3v) is 5.66. The Labute approximate surface area is 154 Å². The van der Waals surface area contributed by atoms with E-state index in [-0.39, 0.29) is 5.69 Å². The average Bonchev–Trinajstić information content (AvgIpc) is 3.15. The first kappa shape index (κ1) is 17.7. The number of ether oxygens (including phenoxy) is 1. The van der Waals surface area contributed by atoms with E-state index in [0.717, 1.165) is 16.0 Å². The standard InChI is InChI=1S/C15H12ClN3O4S2/c1-23-7-6-18-10-8-9(19(21)22)2-3-11(10)25-15(18)17-14(20)12-4-5-13(16)24-12/h2-5,8H,6-7H2,1H3. The van der Waals surface area contributed by atoms with Crippen molar-refractivity contribution in [1.29, 1.82) is 0 Å². The van der Waals surface area contributed by atoms with Crippen LogP contribution in [0.15, 0.2) is 35.3 Å². The molecule has 2 heterocycles. The van der Waals surface area contributed by atoms with Crippen molar-refractivity contribution in [1.82, 2.24) is 4.57 Å². The Morgan fingerprint density at radius 2 is 2.16 bits per heavy atom. The summed E-state index contributed by atoms with van der Waals surface area (Å²) in [6, 6.07) is 7.84. The monoisotopic (exact) mass is 397 g/mol. The van der Waals surface area contributed by atoms with Crippen molar-refractivity contribution in [3.8, 4) is 0 Å². The first-order valence-corrected chi connectivity index (χ1v) is 9.12. The fourth-order valence-electron chi connectivity index (χ4n) is 2.23. The number of carbonyl (C=O) groups excluding carboxylic acids is 1. The molecule has 0 atom stereocenters. The summed E-state index contributed by atoms with van der Waals surface area (Å²) in [4.78, 5) is 28.0. The number of fused-ring (bicyclic) bond motifs is 1. The molecule has 0 radical (unpaired) electrons. The lowest BCUT2D eigenvalue weighted by molar-refractivity contribution is -0.384. The van der Waals surface area contributed by atoms with E-state index in [0.29, 0.717) is 32.7 Å². The fourth-order valence-corrected chi connectivity index (χ4v) is 4.19. The molecule has 3 rings (SSSR count). The molecule has 0 saturated carbocycles. The van der Waals surface area contributed by atoms with Crippen LogP contribution in [0.2, 0.25) is 4.34 Å². The van der Waals surface area contributed by atoms with Crippen molar-refractivity contribution < 1.29 is 14.5 Å². The predicted molar refractivity (Wildman–Crippen MR) is 97.6 cm³/mol. The van der Waals surface area contributed by atoms with E-state index >= 15 is 0 Å². The molecule has 130 valence electrons. The van der Waals surface area contributed by atoms with Crippen LogP contribution in [0.5, 0.6) is 0 Å². The van der Waals surface area contributed by atoms with Crippen LogP contribution in [0.25, 0.3) is 10.2 Å². The third kappa shape index (κ3) is 3.79. The molecule has 0 aliphatic rings. The molecule has 1 amide bonds. The second kappa shape index (κ2) is 7.44. The van der Waals surface area contributed by atoms with Crippen LogP contribution in [0.3, 0.4) is 0 Å². The number of thiophene rings is 1. The number of amides is 1. The van der Waals surface area contributed by atoms with E-state index in [4.69, 9.17) is 16.3 Å². The van der Waals surface area contributed by atoms with Crippen molar-refractivity contribution in [2.24, 2.45) is 4.99 Å². The lowest BCUT2D eigenvalue weighted by Gasteiger charge is -2.04. The van der Waals surface area contributed by atoms with E-state index < -0.39 is 10.8 Å². The number of rotatable bonds is 5. The highest BCUT2D eigenvalue weighted by atomic mass is 35.5. The van der Waals surface area contributed by atoms with E-state index in [1.54, 1.807) is 29.9 Å². The highest BCUT2D eigenvalue weighted by molar-refractivity contribution is 7.18. The highest BCUT2D eigenvalue weighted by Gasteiger charge is 2.14. The van der Waals surface area contributed by atoms with Crippen molar-refractivity contribution in [3.63, 3.8) is 0 Å². The SMILES string of the molecule is COCCn1c(=NC(=O)c2ccc(Cl)s2)sc2ccc([N+](=O)[O-])cc21. The Morgan fingerprint density at radius 3 is 2.80 bits per heavy atom. The van der Waals surface area contributed by atoms with Gasteiger partial charge >= 0.3 is 0 Å². The van der Waals surface area contributed by atoms with Crippen LogP contribution in [0.1, 0.15) is 9.67 Å². The Morgan fingerprint density at radius 1 is 1.36 bits per heavy atom. The molecule has 0 bridgehead atoms. The minimum Gasteiger partial charge on any atom is -0.383 e. The van der Waals surface area contributed by atoms with Gasteiger partial charge in [-0.1, -0.05) is 22.9 Å². The topological polar surface area (TPSA) is 86.7 Å². The van der Waals surface area contributed by atoms with Gasteiger partial charge in [-0.3, -0.25) is 14.9 Å². The first-order chi connectivity index (χ1) is 12.0. The number of nitro groups is 1. The number of halogens is 1. The van der Waals surface area contributed by atoms with Crippen molar-refractivity contribution in [2.75, 3.05) is 13.7 Å². The highest BCUT2D eigenvalue weighted by Crippen LogP contribution is 2.24. The van der Waals surface area contributed by atoms with Gasteiger partial charge in [-0.25, -0.2) is 0 Å². The Kier molecular flexibility index (Phi) is 5.28. The molecule has 0 N–H and O–H groups in total. The molecule has 25 heavy (non-hydrogen) atoms. The van der Waals surface area contributed by atoms with Crippen LogP contribution in [-0.4, -0.2) is 29.1 Å². The number of non-ortho nitro benzene ring substituents is 1. The predicted octanol–water partition coefficient (Wildman–Crippen LogP) is 3.71. The molecule has 0 fully saturated rings. The first-order valence-electron chi connectivity index (χ1n) is 7.10.